The van der Waals surface area contributed by atoms with Gasteiger partial charge >= 0.3 is 0 Å². The fourth-order valence-electron chi connectivity index (χ4n) is 2.54. The zero-order valence-electron chi connectivity index (χ0n) is 14.4. The van der Waals surface area contributed by atoms with Gasteiger partial charge in [-0.05, 0) is 38.1 Å². The Balaban J connectivity index is 1.80. The predicted molar refractivity (Wildman–Crippen MR) is 101 cm³/mol. The zero-order chi connectivity index (χ0) is 18.7. The van der Waals surface area contributed by atoms with Gasteiger partial charge in [-0.2, -0.15) is 4.98 Å². The molecule has 0 fully saturated rings. The van der Waals surface area contributed by atoms with Gasteiger partial charge in [0.15, 0.2) is 0 Å². The van der Waals surface area contributed by atoms with Crippen LogP contribution in [0.2, 0.25) is 10.0 Å². The van der Waals surface area contributed by atoms with Gasteiger partial charge in [0.25, 0.3) is 5.91 Å². The van der Waals surface area contributed by atoms with Gasteiger partial charge in [-0.3, -0.25) is 4.79 Å². The minimum Gasteiger partial charge on any atom is -0.337 e. The van der Waals surface area contributed by atoms with Crippen molar-refractivity contribution in [3.63, 3.8) is 0 Å². The molecule has 7 heteroatoms. The number of amides is 1. The van der Waals surface area contributed by atoms with E-state index in [1.807, 2.05) is 38.1 Å². The zero-order valence-corrected chi connectivity index (χ0v) is 15.9. The highest BCUT2D eigenvalue weighted by molar-refractivity contribution is 6.35. The van der Waals surface area contributed by atoms with Crippen LogP contribution in [0, 0.1) is 6.92 Å². The van der Waals surface area contributed by atoms with Crippen LogP contribution < -0.4 is 0 Å². The number of aromatic nitrogens is 2. The molecule has 5 nitrogen and oxygen atoms in total. The average molecular weight is 390 g/mol. The fraction of sp³-hybridized carbons (Fsp3) is 0.211. The summed E-state index contributed by atoms with van der Waals surface area (Å²) in [6, 6.07) is 12.6. The van der Waals surface area contributed by atoms with E-state index in [-0.39, 0.29) is 12.5 Å². The van der Waals surface area contributed by atoms with Crippen molar-refractivity contribution >= 4 is 29.1 Å². The summed E-state index contributed by atoms with van der Waals surface area (Å²) in [5.74, 6) is 0.609. The van der Waals surface area contributed by atoms with E-state index >= 15 is 0 Å². The van der Waals surface area contributed by atoms with Gasteiger partial charge in [0.2, 0.25) is 11.7 Å². The average Bonchev–Trinajstić information content (AvgIpc) is 3.10. The van der Waals surface area contributed by atoms with Crippen LogP contribution in [0.25, 0.3) is 11.4 Å². The maximum atomic E-state index is 12.8. The molecule has 1 aromatic heterocycles. The SMILES string of the molecule is CCN(Cc1nc(-c2cccc(C)c2)no1)C(=O)c1cc(Cl)ccc1Cl. The smallest absolute Gasteiger partial charge is 0.255 e. The van der Waals surface area contributed by atoms with E-state index in [1.165, 1.54) is 0 Å². The first-order valence-corrected chi connectivity index (χ1v) is 8.87. The first kappa shape index (κ1) is 18.4. The van der Waals surface area contributed by atoms with Crippen molar-refractivity contribution in [2.24, 2.45) is 0 Å². The Morgan fingerprint density at radius 1 is 1.19 bits per heavy atom. The highest BCUT2D eigenvalue weighted by atomic mass is 35.5. The summed E-state index contributed by atoms with van der Waals surface area (Å²) in [5.41, 5.74) is 2.32. The number of hydrogen-bond acceptors (Lipinski definition) is 4. The first-order chi connectivity index (χ1) is 12.5. The van der Waals surface area contributed by atoms with Gasteiger partial charge in [0.05, 0.1) is 10.6 Å². The summed E-state index contributed by atoms with van der Waals surface area (Å²) in [6.07, 6.45) is 0. The van der Waals surface area contributed by atoms with E-state index in [0.717, 1.165) is 11.1 Å². The van der Waals surface area contributed by atoms with Crippen LogP contribution in [0.5, 0.6) is 0 Å². The van der Waals surface area contributed by atoms with Crippen LogP contribution in [0.15, 0.2) is 47.0 Å². The van der Waals surface area contributed by atoms with Gasteiger partial charge < -0.3 is 9.42 Å². The molecule has 0 aliphatic rings. The lowest BCUT2D eigenvalue weighted by Crippen LogP contribution is -2.30. The Kier molecular flexibility index (Phi) is 5.59. The number of aryl methyl sites for hydroxylation is 1. The normalized spacial score (nSPS) is 10.8. The second-order valence-corrected chi connectivity index (χ2v) is 6.67. The van der Waals surface area contributed by atoms with Gasteiger partial charge in [0.1, 0.15) is 6.54 Å². The topological polar surface area (TPSA) is 59.2 Å². The molecule has 0 unspecified atom stereocenters. The van der Waals surface area contributed by atoms with Crippen molar-refractivity contribution in [1.82, 2.24) is 15.0 Å². The number of nitrogens with zero attached hydrogens (tertiary/aromatic N) is 3. The lowest BCUT2D eigenvalue weighted by molar-refractivity contribution is 0.0734. The molecule has 3 aromatic rings. The largest absolute Gasteiger partial charge is 0.337 e. The standard InChI is InChI=1S/C19H17Cl2N3O2/c1-3-24(19(25)15-10-14(20)7-8-16(15)21)11-17-22-18(23-26-17)13-6-4-5-12(2)9-13/h4-10H,3,11H2,1-2H3. The Hall–Kier alpha value is -2.37. The maximum Gasteiger partial charge on any atom is 0.255 e. The second-order valence-electron chi connectivity index (χ2n) is 5.82. The molecule has 0 atom stereocenters. The van der Waals surface area contributed by atoms with E-state index in [9.17, 15) is 4.79 Å². The van der Waals surface area contributed by atoms with Crippen molar-refractivity contribution < 1.29 is 9.32 Å². The molecule has 3 rings (SSSR count). The van der Waals surface area contributed by atoms with Gasteiger partial charge in [-0.15, -0.1) is 0 Å². The summed E-state index contributed by atoms with van der Waals surface area (Å²) >= 11 is 12.1. The molecule has 26 heavy (non-hydrogen) atoms. The number of rotatable bonds is 5. The summed E-state index contributed by atoms with van der Waals surface area (Å²) in [5, 5.41) is 4.81. The quantitative estimate of drug-likeness (QED) is 0.614. The van der Waals surface area contributed by atoms with Crippen molar-refractivity contribution in [1.29, 1.82) is 0 Å². The third-order valence-corrected chi connectivity index (χ3v) is 4.46. The molecule has 0 aliphatic heterocycles. The van der Waals surface area contributed by atoms with Gasteiger partial charge in [0, 0.05) is 17.1 Å². The number of carbonyl (C=O) groups excluding carboxylic acids is 1. The molecule has 0 spiro atoms. The maximum absolute atomic E-state index is 12.8. The lowest BCUT2D eigenvalue weighted by atomic mass is 10.1. The monoisotopic (exact) mass is 389 g/mol. The molecule has 0 bridgehead atoms. The minimum atomic E-state index is -0.240. The summed E-state index contributed by atoms with van der Waals surface area (Å²) < 4.78 is 5.32. The minimum absolute atomic E-state index is 0.191. The number of halogens is 2. The lowest BCUT2D eigenvalue weighted by Gasteiger charge is -2.19. The summed E-state index contributed by atoms with van der Waals surface area (Å²) in [4.78, 5) is 18.7. The molecule has 0 N–H and O–H groups in total. The van der Waals surface area contributed by atoms with Gasteiger partial charge in [-0.1, -0.05) is 52.1 Å². The van der Waals surface area contributed by atoms with Crippen LogP contribution in [0.3, 0.4) is 0 Å². The van der Waals surface area contributed by atoms with E-state index in [4.69, 9.17) is 27.7 Å². The predicted octanol–water partition coefficient (Wildman–Crippen LogP) is 5.01. The summed E-state index contributed by atoms with van der Waals surface area (Å²) in [7, 11) is 0. The number of hydrogen-bond donors (Lipinski definition) is 0. The van der Waals surface area contributed by atoms with Crippen molar-refractivity contribution in [3.05, 3.63) is 69.5 Å². The molecule has 1 heterocycles. The van der Waals surface area contributed by atoms with E-state index in [2.05, 4.69) is 10.1 Å². The van der Waals surface area contributed by atoms with E-state index < -0.39 is 0 Å². The third kappa shape index (κ3) is 4.06. The highest BCUT2D eigenvalue weighted by Gasteiger charge is 2.20. The molecule has 0 radical (unpaired) electrons. The molecule has 0 aliphatic carbocycles. The molecular formula is C19H17Cl2N3O2. The molecule has 0 saturated heterocycles. The molecular weight excluding hydrogens is 373 g/mol. The summed E-state index contributed by atoms with van der Waals surface area (Å²) in [6.45, 7) is 4.52. The van der Waals surface area contributed by atoms with Crippen molar-refractivity contribution in [2.45, 2.75) is 20.4 Å². The van der Waals surface area contributed by atoms with E-state index in [0.29, 0.717) is 33.9 Å². The Labute approximate surface area is 161 Å². The molecule has 134 valence electrons. The van der Waals surface area contributed by atoms with Crippen LogP contribution in [0.4, 0.5) is 0 Å². The fourth-order valence-corrected chi connectivity index (χ4v) is 2.91. The van der Waals surface area contributed by atoms with Crippen LogP contribution in [0.1, 0.15) is 28.7 Å². The number of benzene rings is 2. The molecule has 1 amide bonds. The second kappa shape index (κ2) is 7.89. The van der Waals surface area contributed by atoms with Crippen LogP contribution in [-0.4, -0.2) is 27.5 Å². The van der Waals surface area contributed by atoms with Gasteiger partial charge in [-0.25, -0.2) is 0 Å². The Bertz CT molecular complexity index is 940. The molecule has 0 saturated carbocycles. The third-order valence-electron chi connectivity index (χ3n) is 3.90. The van der Waals surface area contributed by atoms with Crippen LogP contribution in [-0.2, 0) is 6.54 Å². The Morgan fingerprint density at radius 3 is 2.73 bits per heavy atom. The Morgan fingerprint density at radius 2 is 2.00 bits per heavy atom. The van der Waals surface area contributed by atoms with Crippen molar-refractivity contribution in [2.75, 3.05) is 6.54 Å². The van der Waals surface area contributed by atoms with E-state index in [1.54, 1.807) is 23.1 Å². The van der Waals surface area contributed by atoms with Crippen LogP contribution >= 0.6 is 23.2 Å². The number of carbonyl (C=O) groups is 1. The molecule has 2 aromatic carbocycles. The van der Waals surface area contributed by atoms with Crippen molar-refractivity contribution in [3.8, 4) is 11.4 Å². The first-order valence-electron chi connectivity index (χ1n) is 8.12. The highest BCUT2D eigenvalue weighted by Crippen LogP contribution is 2.23.